The van der Waals surface area contributed by atoms with Crippen LogP contribution in [0.15, 0.2) is 84.9 Å². The molecular weight excluding hydrogens is 378 g/mol. The Labute approximate surface area is 173 Å². The Morgan fingerprint density at radius 3 is 2.10 bits per heavy atom. The Morgan fingerprint density at radius 2 is 1.47 bits per heavy atom. The molecule has 6 nitrogen and oxygen atoms in total. The van der Waals surface area contributed by atoms with E-state index >= 15 is 0 Å². The van der Waals surface area contributed by atoms with E-state index in [9.17, 15) is 9.59 Å². The minimum atomic E-state index is -0.341. The van der Waals surface area contributed by atoms with E-state index in [1.54, 1.807) is 55.6 Å². The summed E-state index contributed by atoms with van der Waals surface area (Å²) < 4.78 is 6.75. The fraction of sp³-hybridized carbons (Fsp3) is 0.0833. The van der Waals surface area contributed by atoms with Crippen molar-refractivity contribution in [3.63, 3.8) is 0 Å². The lowest BCUT2D eigenvalue weighted by Crippen LogP contribution is -2.16. The molecule has 0 aliphatic rings. The van der Waals surface area contributed by atoms with E-state index in [0.717, 1.165) is 5.56 Å². The van der Waals surface area contributed by atoms with E-state index < -0.39 is 0 Å². The van der Waals surface area contributed by atoms with Crippen LogP contribution < -0.4 is 4.74 Å². The predicted octanol–water partition coefficient (Wildman–Crippen LogP) is 3.80. The third kappa shape index (κ3) is 3.89. The lowest BCUT2D eigenvalue weighted by atomic mass is 10.0. The molecule has 0 atom stereocenters. The van der Waals surface area contributed by atoms with Gasteiger partial charge in [-0.3, -0.25) is 9.59 Å². The molecule has 0 N–H and O–H groups in total. The van der Waals surface area contributed by atoms with Crippen LogP contribution in [0.2, 0.25) is 0 Å². The second-order valence-electron chi connectivity index (χ2n) is 6.69. The van der Waals surface area contributed by atoms with E-state index in [1.807, 2.05) is 36.4 Å². The highest BCUT2D eigenvalue weighted by atomic mass is 16.5. The Balaban J connectivity index is 1.79. The molecule has 0 aliphatic heterocycles. The molecular formula is C24H19N3O3. The highest BCUT2D eigenvalue weighted by Gasteiger charge is 2.27. The summed E-state index contributed by atoms with van der Waals surface area (Å²) in [6.45, 7) is 0.278. The normalized spacial score (nSPS) is 10.6. The third-order valence-electron chi connectivity index (χ3n) is 4.70. The molecule has 3 aromatic carbocycles. The number of aromatic nitrogens is 3. The molecule has 0 bridgehead atoms. The first kappa shape index (κ1) is 19.3. The van der Waals surface area contributed by atoms with Gasteiger partial charge in [0, 0.05) is 11.1 Å². The van der Waals surface area contributed by atoms with Crippen molar-refractivity contribution in [1.82, 2.24) is 15.0 Å². The van der Waals surface area contributed by atoms with Crippen molar-refractivity contribution in [1.29, 1.82) is 0 Å². The maximum absolute atomic E-state index is 13.3. The lowest BCUT2D eigenvalue weighted by Gasteiger charge is -2.09. The summed E-state index contributed by atoms with van der Waals surface area (Å²) in [6.07, 6.45) is 0. The number of ketones is 2. The van der Waals surface area contributed by atoms with Crippen molar-refractivity contribution in [3.05, 3.63) is 113 Å². The molecule has 6 heteroatoms. The number of carbonyl (C=O) groups is 2. The van der Waals surface area contributed by atoms with Gasteiger partial charge in [-0.05, 0) is 17.7 Å². The number of methoxy groups -OCH3 is 1. The van der Waals surface area contributed by atoms with Crippen LogP contribution in [-0.4, -0.2) is 33.7 Å². The number of nitrogens with zero attached hydrogens (tertiary/aromatic N) is 3. The van der Waals surface area contributed by atoms with Crippen LogP contribution in [0.4, 0.5) is 0 Å². The molecule has 1 heterocycles. The molecule has 0 amide bonds. The zero-order valence-corrected chi connectivity index (χ0v) is 16.4. The first-order chi connectivity index (χ1) is 14.7. The number of hydrogen-bond donors (Lipinski definition) is 0. The number of hydrogen-bond acceptors (Lipinski definition) is 5. The van der Waals surface area contributed by atoms with Gasteiger partial charge in [0.05, 0.1) is 13.7 Å². The van der Waals surface area contributed by atoms with E-state index in [0.29, 0.717) is 16.9 Å². The summed E-state index contributed by atoms with van der Waals surface area (Å²) in [4.78, 5) is 26.4. The van der Waals surface area contributed by atoms with E-state index in [4.69, 9.17) is 4.74 Å². The molecule has 0 saturated carbocycles. The third-order valence-corrected chi connectivity index (χ3v) is 4.70. The molecule has 0 unspecified atom stereocenters. The zero-order valence-electron chi connectivity index (χ0n) is 16.4. The van der Waals surface area contributed by atoms with Gasteiger partial charge in [0.15, 0.2) is 5.69 Å². The fourth-order valence-corrected chi connectivity index (χ4v) is 3.20. The quantitative estimate of drug-likeness (QED) is 0.444. The summed E-state index contributed by atoms with van der Waals surface area (Å²) in [5.74, 6) is 0.0543. The first-order valence-corrected chi connectivity index (χ1v) is 9.43. The van der Waals surface area contributed by atoms with Crippen LogP contribution in [-0.2, 0) is 6.54 Å². The van der Waals surface area contributed by atoms with Gasteiger partial charge in [0.25, 0.3) is 0 Å². The van der Waals surface area contributed by atoms with Gasteiger partial charge in [-0.25, -0.2) is 4.68 Å². The highest BCUT2D eigenvalue weighted by molar-refractivity contribution is 6.17. The van der Waals surface area contributed by atoms with Gasteiger partial charge in [-0.1, -0.05) is 78.0 Å². The summed E-state index contributed by atoms with van der Waals surface area (Å²) >= 11 is 0. The van der Waals surface area contributed by atoms with Crippen molar-refractivity contribution in [2.75, 3.05) is 7.11 Å². The average molecular weight is 397 g/mol. The summed E-state index contributed by atoms with van der Waals surface area (Å²) in [6, 6.07) is 25.0. The highest BCUT2D eigenvalue weighted by Crippen LogP contribution is 2.19. The molecule has 30 heavy (non-hydrogen) atoms. The van der Waals surface area contributed by atoms with Crippen LogP contribution in [0.25, 0.3) is 0 Å². The Morgan fingerprint density at radius 1 is 0.833 bits per heavy atom. The van der Waals surface area contributed by atoms with Crippen LogP contribution in [0.3, 0.4) is 0 Å². The van der Waals surface area contributed by atoms with Crippen LogP contribution >= 0.6 is 0 Å². The van der Waals surface area contributed by atoms with Gasteiger partial charge >= 0.3 is 0 Å². The summed E-state index contributed by atoms with van der Waals surface area (Å²) in [5, 5.41) is 8.23. The van der Waals surface area contributed by atoms with Crippen molar-refractivity contribution < 1.29 is 14.3 Å². The standard InChI is InChI=1S/C24H19N3O3/c1-30-20-14-8-9-17(15-20)16-27-22(24(29)19-12-6-3-7-13-19)21(25-26-27)23(28)18-10-4-2-5-11-18/h2-15H,16H2,1H3. The predicted molar refractivity (Wildman–Crippen MR) is 112 cm³/mol. The molecule has 148 valence electrons. The molecule has 0 spiro atoms. The second-order valence-corrected chi connectivity index (χ2v) is 6.69. The van der Waals surface area contributed by atoms with E-state index in [2.05, 4.69) is 10.3 Å². The number of ether oxygens (including phenoxy) is 1. The minimum absolute atomic E-state index is 0.0398. The molecule has 1 aromatic heterocycles. The van der Waals surface area contributed by atoms with Gasteiger partial charge < -0.3 is 4.74 Å². The largest absolute Gasteiger partial charge is 0.497 e. The maximum atomic E-state index is 13.3. The topological polar surface area (TPSA) is 74.1 Å². The SMILES string of the molecule is COc1cccc(Cn2nnc(C(=O)c3ccccc3)c2C(=O)c2ccccc2)c1. The fourth-order valence-electron chi connectivity index (χ4n) is 3.20. The molecule has 4 rings (SSSR count). The van der Waals surface area contributed by atoms with Crippen LogP contribution in [0, 0.1) is 0 Å². The summed E-state index contributed by atoms with van der Waals surface area (Å²) in [5.41, 5.74) is 2.00. The molecule has 0 saturated heterocycles. The van der Waals surface area contributed by atoms with Crippen molar-refractivity contribution >= 4 is 11.6 Å². The van der Waals surface area contributed by atoms with E-state index in [-0.39, 0.29) is 29.5 Å². The number of rotatable bonds is 7. The van der Waals surface area contributed by atoms with Gasteiger partial charge in [0.2, 0.25) is 11.6 Å². The van der Waals surface area contributed by atoms with Crippen molar-refractivity contribution in [2.45, 2.75) is 6.54 Å². The molecule has 0 aliphatic carbocycles. The maximum Gasteiger partial charge on any atom is 0.215 e. The van der Waals surface area contributed by atoms with E-state index in [1.165, 1.54) is 4.68 Å². The minimum Gasteiger partial charge on any atom is -0.497 e. The second kappa shape index (κ2) is 8.53. The van der Waals surface area contributed by atoms with Gasteiger partial charge in [-0.2, -0.15) is 0 Å². The number of benzene rings is 3. The van der Waals surface area contributed by atoms with Gasteiger partial charge in [-0.15, -0.1) is 5.10 Å². The van der Waals surface area contributed by atoms with Crippen LogP contribution in [0.1, 0.15) is 37.7 Å². The lowest BCUT2D eigenvalue weighted by molar-refractivity contribution is 0.0995. The Kier molecular flexibility index (Phi) is 5.48. The van der Waals surface area contributed by atoms with Crippen molar-refractivity contribution in [3.8, 4) is 5.75 Å². The van der Waals surface area contributed by atoms with Crippen LogP contribution in [0.5, 0.6) is 5.75 Å². The van der Waals surface area contributed by atoms with Gasteiger partial charge in [0.1, 0.15) is 11.4 Å². The Bertz CT molecular complexity index is 1180. The summed E-state index contributed by atoms with van der Waals surface area (Å²) in [7, 11) is 1.59. The number of carbonyl (C=O) groups excluding carboxylic acids is 2. The molecule has 4 aromatic rings. The monoisotopic (exact) mass is 397 g/mol. The smallest absolute Gasteiger partial charge is 0.215 e. The first-order valence-electron chi connectivity index (χ1n) is 9.43. The average Bonchev–Trinajstić information content (AvgIpc) is 3.22. The van der Waals surface area contributed by atoms with Crippen molar-refractivity contribution in [2.24, 2.45) is 0 Å². The Hall–Kier alpha value is -4.06. The zero-order chi connectivity index (χ0) is 20.9. The molecule has 0 fully saturated rings. The molecule has 0 radical (unpaired) electrons.